The highest BCUT2D eigenvalue weighted by atomic mass is 32.1. The number of carbonyl (C=O) groups is 1. The first-order valence-corrected chi connectivity index (χ1v) is 5.35. The smallest absolute Gasteiger partial charge is 0.363 e. The quantitative estimate of drug-likeness (QED) is 0.702. The van der Waals surface area contributed by atoms with Crippen molar-refractivity contribution in [3.05, 3.63) is 34.2 Å². The van der Waals surface area contributed by atoms with E-state index in [1.807, 2.05) is 5.43 Å². The number of rotatable bonds is 2. The topological polar surface area (TPSA) is 61.4 Å². The third-order valence-electron chi connectivity index (χ3n) is 2.16. The number of allylic oxidation sites excluding steroid dienone is 1. The van der Waals surface area contributed by atoms with E-state index in [2.05, 4.69) is 0 Å². The summed E-state index contributed by atoms with van der Waals surface area (Å²) in [5.74, 6) is -0.604. The highest BCUT2D eigenvalue weighted by Gasteiger charge is 2.55. The number of hydrazine groups is 1. The lowest BCUT2D eigenvalue weighted by Gasteiger charge is -2.23. The zero-order valence-electron chi connectivity index (χ0n) is 8.21. The van der Waals surface area contributed by atoms with E-state index in [4.69, 9.17) is 0 Å². The van der Waals surface area contributed by atoms with Crippen LogP contribution in [0.3, 0.4) is 0 Å². The molecule has 0 fully saturated rings. The van der Waals surface area contributed by atoms with E-state index < -0.39 is 17.7 Å². The molecule has 2 heterocycles. The monoisotopic (exact) mass is 264 g/mol. The fraction of sp³-hybridized carbons (Fsp3) is 0.222. The Morgan fingerprint density at radius 3 is 2.65 bits per heavy atom. The van der Waals surface area contributed by atoms with E-state index in [0.717, 1.165) is 11.3 Å². The van der Waals surface area contributed by atoms with Crippen LogP contribution in [-0.4, -0.2) is 22.8 Å². The van der Waals surface area contributed by atoms with Crippen LogP contribution in [0.15, 0.2) is 29.3 Å². The number of hydrogen-bond acceptors (Lipinski definition) is 5. The van der Waals surface area contributed by atoms with Gasteiger partial charge in [-0.05, 0) is 11.4 Å². The van der Waals surface area contributed by atoms with Crippen molar-refractivity contribution in [2.75, 3.05) is 0 Å². The van der Waals surface area contributed by atoms with Gasteiger partial charge in [-0.3, -0.25) is 4.79 Å². The molecular formula is C9H7F3N2O2S. The lowest BCUT2D eigenvalue weighted by atomic mass is 10.1. The third kappa shape index (κ3) is 2.06. The Kier molecular flexibility index (Phi) is 2.72. The average Bonchev–Trinajstić information content (AvgIpc) is 2.84. The van der Waals surface area contributed by atoms with Crippen LogP contribution in [0.2, 0.25) is 0 Å². The fourth-order valence-electron chi connectivity index (χ4n) is 1.26. The van der Waals surface area contributed by atoms with E-state index in [-0.39, 0.29) is 10.6 Å². The molecule has 1 aliphatic heterocycles. The molecule has 17 heavy (non-hydrogen) atoms. The molecule has 1 atom stereocenters. The number of nitrogens with one attached hydrogen (secondary N) is 2. The van der Waals surface area contributed by atoms with Gasteiger partial charge in [-0.2, -0.15) is 18.6 Å². The first kappa shape index (κ1) is 12.1. The molecule has 0 bridgehead atoms. The van der Waals surface area contributed by atoms with Crippen LogP contribution in [0.5, 0.6) is 0 Å². The van der Waals surface area contributed by atoms with Crippen molar-refractivity contribution in [2.24, 2.45) is 0 Å². The summed E-state index contributed by atoms with van der Waals surface area (Å²) in [7, 11) is 0. The van der Waals surface area contributed by atoms with E-state index in [1.165, 1.54) is 6.07 Å². The average molecular weight is 264 g/mol. The second-order valence-corrected chi connectivity index (χ2v) is 4.33. The fourth-order valence-corrected chi connectivity index (χ4v) is 1.94. The first-order chi connectivity index (χ1) is 7.83. The minimum Gasteiger partial charge on any atom is -0.363 e. The first-order valence-electron chi connectivity index (χ1n) is 4.47. The number of Topliss-reactive ketones (excluding diaryl/α,β-unsaturated/α-hetero) is 1. The van der Waals surface area contributed by atoms with Crippen LogP contribution in [0.1, 0.15) is 9.67 Å². The Bertz CT molecular complexity index is 469. The number of carbonyl (C=O) groups excluding carboxylic acids is 1. The second kappa shape index (κ2) is 3.83. The molecular weight excluding hydrogens is 257 g/mol. The number of alkyl halides is 3. The lowest BCUT2D eigenvalue weighted by Crippen LogP contribution is -2.55. The van der Waals surface area contributed by atoms with Crippen molar-refractivity contribution < 1.29 is 23.1 Å². The van der Waals surface area contributed by atoms with Gasteiger partial charge in [0.1, 0.15) is 0 Å². The maximum absolute atomic E-state index is 12.4. The predicted octanol–water partition coefficient (Wildman–Crippen LogP) is 1.17. The van der Waals surface area contributed by atoms with Gasteiger partial charge >= 0.3 is 6.18 Å². The summed E-state index contributed by atoms with van der Waals surface area (Å²) < 4.78 is 37.3. The van der Waals surface area contributed by atoms with Gasteiger partial charge in [-0.25, -0.2) is 0 Å². The molecule has 0 spiro atoms. The summed E-state index contributed by atoms with van der Waals surface area (Å²) in [6, 6.07) is 3.09. The minimum absolute atomic E-state index is 0.289. The summed E-state index contributed by atoms with van der Waals surface area (Å²) in [5, 5.41) is 10.9. The van der Waals surface area contributed by atoms with E-state index in [0.29, 0.717) is 6.08 Å². The standard InChI is InChI=1S/C9H7F3N2O2S/c10-9(11,12)8(16)4-5(13-14-8)7(15)6-2-1-3-17-6/h1-4,13-14,16H. The van der Waals surface area contributed by atoms with Crippen LogP contribution in [-0.2, 0) is 0 Å². The van der Waals surface area contributed by atoms with Crippen LogP contribution in [0.25, 0.3) is 0 Å². The predicted molar refractivity (Wildman–Crippen MR) is 54.0 cm³/mol. The number of aliphatic hydroxyl groups is 1. The Hall–Kier alpha value is -1.38. The molecule has 0 amide bonds. The molecule has 2 rings (SSSR count). The molecule has 0 aromatic carbocycles. The van der Waals surface area contributed by atoms with Gasteiger partial charge in [0, 0.05) is 6.08 Å². The maximum atomic E-state index is 12.4. The van der Waals surface area contributed by atoms with Crippen LogP contribution < -0.4 is 10.9 Å². The van der Waals surface area contributed by atoms with Crippen molar-refractivity contribution in [2.45, 2.75) is 11.9 Å². The number of halogens is 3. The van der Waals surface area contributed by atoms with Crippen molar-refractivity contribution in [1.82, 2.24) is 10.9 Å². The summed E-state index contributed by atoms with van der Waals surface area (Å²) in [5.41, 5.74) is 0.138. The van der Waals surface area contributed by atoms with Gasteiger partial charge in [0.15, 0.2) is 0 Å². The molecule has 0 saturated carbocycles. The van der Waals surface area contributed by atoms with Crippen molar-refractivity contribution >= 4 is 17.1 Å². The SMILES string of the molecule is O=C(C1=CC(O)(C(F)(F)F)NN1)c1cccs1. The van der Waals surface area contributed by atoms with Crippen molar-refractivity contribution in [1.29, 1.82) is 0 Å². The molecule has 4 nitrogen and oxygen atoms in total. The second-order valence-electron chi connectivity index (χ2n) is 3.38. The Labute approximate surface area is 97.7 Å². The number of hydrogen-bond donors (Lipinski definition) is 3. The van der Waals surface area contributed by atoms with Gasteiger partial charge < -0.3 is 10.5 Å². The molecule has 3 N–H and O–H groups in total. The summed E-state index contributed by atoms with van der Waals surface area (Å²) >= 11 is 1.10. The number of thiophene rings is 1. The highest BCUT2D eigenvalue weighted by Crippen LogP contribution is 2.32. The van der Waals surface area contributed by atoms with E-state index in [1.54, 1.807) is 16.9 Å². The summed E-state index contributed by atoms with van der Waals surface area (Å²) in [6.07, 6.45) is -4.48. The normalized spacial score (nSPS) is 24.4. The van der Waals surface area contributed by atoms with Crippen LogP contribution in [0, 0.1) is 0 Å². The third-order valence-corrected chi connectivity index (χ3v) is 3.03. The van der Waals surface area contributed by atoms with Gasteiger partial charge in [0.2, 0.25) is 5.78 Å². The molecule has 8 heteroatoms. The number of ketones is 1. The van der Waals surface area contributed by atoms with Gasteiger partial charge in [-0.15, -0.1) is 11.3 Å². The van der Waals surface area contributed by atoms with Gasteiger partial charge in [0.05, 0.1) is 10.6 Å². The Balaban J connectivity index is 2.26. The van der Waals surface area contributed by atoms with Gasteiger partial charge in [-0.1, -0.05) is 6.07 Å². The van der Waals surface area contributed by atoms with Gasteiger partial charge in [0.25, 0.3) is 5.72 Å². The van der Waals surface area contributed by atoms with E-state index >= 15 is 0 Å². The Morgan fingerprint density at radius 2 is 2.18 bits per heavy atom. The Morgan fingerprint density at radius 1 is 1.47 bits per heavy atom. The molecule has 0 aliphatic carbocycles. The summed E-state index contributed by atoms with van der Waals surface area (Å²) in [4.78, 5) is 12.0. The maximum Gasteiger partial charge on any atom is 0.436 e. The van der Waals surface area contributed by atoms with Crippen LogP contribution >= 0.6 is 11.3 Å². The molecule has 0 saturated heterocycles. The molecule has 92 valence electrons. The zero-order chi connectivity index (χ0) is 12.7. The molecule has 1 unspecified atom stereocenters. The zero-order valence-corrected chi connectivity index (χ0v) is 9.02. The molecule has 1 aromatic rings. The summed E-state index contributed by atoms with van der Waals surface area (Å²) in [6.45, 7) is 0. The van der Waals surface area contributed by atoms with Crippen LogP contribution in [0.4, 0.5) is 13.2 Å². The minimum atomic E-state index is -4.91. The molecule has 1 aliphatic rings. The largest absolute Gasteiger partial charge is 0.436 e. The van der Waals surface area contributed by atoms with Crippen molar-refractivity contribution in [3.63, 3.8) is 0 Å². The lowest BCUT2D eigenvalue weighted by molar-refractivity contribution is -0.250. The molecule has 1 aromatic heterocycles. The van der Waals surface area contributed by atoms with E-state index in [9.17, 15) is 23.1 Å². The highest BCUT2D eigenvalue weighted by molar-refractivity contribution is 7.12. The van der Waals surface area contributed by atoms with Crippen molar-refractivity contribution in [3.8, 4) is 0 Å². The molecule has 0 radical (unpaired) electrons.